The fourth-order valence-electron chi connectivity index (χ4n) is 4.37. The molecule has 0 unspecified atom stereocenters. The molecule has 0 radical (unpaired) electrons. The zero-order chi connectivity index (χ0) is 20.7. The van der Waals surface area contributed by atoms with Crippen molar-refractivity contribution in [1.29, 1.82) is 10.5 Å². The Morgan fingerprint density at radius 2 is 2.13 bits per heavy atom. The Balaban J connectivity index is 1.66. The Morgan fingerprint density at radius 3 is 2.87 bits per heavy atom. The van der Waals surface area contributed by atoms with E-state index < -0.39 is 5.54 Å². The van der Waals surface area contributed by atoms with Crippen molar-refractivity contribution in [3.8, 4) is 34.8 Å². The van der Waals surface area contributed by atoms with Crippen molar-refractivity contribution in [3.05, 3.63) is 48.5 Å². The van der Waals surface area contributed by atoms with E-state index >= 15 is 0 Å². The molecule has 0 spiro atoms. The van der Waals surface area contributed by atoms with Crippen LogP contribution in [0, 0.1) is 35.5 Å². The number of hydrogen-bond donors (Lipinski definition) is 1. The first-order valence-corrected chi connectivity index (χ1v) is 9.72. The average Bonchev–Trinajstić information content (AvgIpc) is 3.40. The summed E-state index contributed by atoms with van der Waals surface area (Å²) in [6.45, 7) is 1.98. The van der Waals surface area contributed by atoms with Gasteiger partial charge in [-0.15, -0.1) is 0 Å². The van der Waals surface area contributed by atoms with Crippen molar-refractivity contribution in [1.82, 2.24) is 29.9 Å². The van der Waals surface area contributed by atoms with Gasteiger partial charge in [-0.3, -0.25) is 14.8 Å². The lowest BCUT2D eigenvalue weighted by molar-refractivity contribution is 0.0859. The van der Waals surface area contributed by atoms with Crippen molar-refractivity contribution in [3.63, 3.8) is 0 Å². The maximum absolute atomic E-state index is 9.38. The highest BCUT2D eigenvalue weighted by Crippen LogP contribution is 2.47. The summed E-state index contributed by atoms with van der Waals surface area (Å²) < 4.78 is 1.92. The quantitative estimate of drug-likeness (QED) is 0.563. The summed E-state index contributed by atoms with van der Waals surface area (Å²) in [5, 5.41) is 31.3. The molecule has 1 saturated carbocycles. The van der Waals surface area contributed by atoms with Crippen LogP contribution in [0.4, 0.5) is 0 Å². The van der Waals surface area contributed by atoms with Crippen LogP contribution in [0.2, 0.25) is 0 Å². The summed E-state index contributed by atoms with van der Waals surface area (Å²) in [4.78, 5) is 9.39. The molecule has 1 aliphatic rings. The first-order chi connectivity index (χ1) is 14.6. The Kier molecular flexibility index (Phi) is 4.07. The molecular weight excluding hydrogens is 376 g/mol. The molecule has 0 saturated heterocycles. The van der Waals surface area contributed by atoms with E-state index in [-0.39, 0.29) is 5.92 Å². The second kappa shape index (κ2) is 6.78. The normalized spacial score (nSPS) is 20.4. The van der Waals surface area contributed by atoms with Gasteiger partial charge in [-0.2, -0.15) is 20.7 Å². The van der Waals surface area contributed by atoms with Gasteiger partial charge in [0.05, 0.1) is 47.4 Å². The van der Waals surface area contributed by atoms with Crippen LogP contribution >= 0.6 is 0 Å². The van der Waals surface area contributed by atoms with Crippen molar-refractivity contribution in [2.24, 2.45) is 5.92 Å². The van der Waals surface area contributed by atoms with Gasteiger partial charge in [0, 0.05) is 29.0 Å². The Labute approximate surface area is 172 Å². The highest BCUT2D eigenvalue weighted by Gasteiger charge is 2.47. The summed E-state index contributed by atoms with van der Waals surface area (Å²) in [6, 6.07) is 12.4. The van der Waals surface area contributed by atoms with E-state index in [0.29, 0.717) is 19.3 Å². The summed E-state index contributed by atoms with van der Waals surface area (Å²) in [6.07, 6.45) is 6.89. The molecule has 4 aromatic rings. The predicted octanol–water partition coefficient (Wildman–Crippen LogP) is 3.73. The molecule has 0 bridgehead atoms. The van der Waals surface area contributed by atoms with Crippen LogP contribution in [-0.4, -0.2) is 29.9 Å². The lowest BCUT2D eigenvalue weighted by Crippen LogP contribution is -2.46. The highest BCUT2D eigenvalue weighted by atomic mass is 15.3. The van der Waals surface area contributed by atoms with Crippen LogP contribution in [0.15, 0.2) is 42.9 Å². The topological polar surface area (TPSA) is 120 Å². The van der Waals surface area contributed by atoms with E-state index in [1.165, 1.54) is 0 Å². The molecule has 0 amide bonds. The summed E-state index contributed by atoms with van der Waals surface area (Å²) in [7, 11) is 0. The largest absolute Gasteiger partial charge is 0.285 e. The van der Waals surface area contributed by atoms with E-state index in [0.717, 1.165) is 39.2 Å². The number of H-pyrrole nitrogens is 1. The van der Waals surface area contributed by atoms with E-state index in [1.54, 1.807) is 18.6 Å². The van der Waals surface area contributed by atoms with Gasteiger partial charge >= 0.3 is 0 Å². The molecular formula is C22H18N8. The maximum Gasteiger partial charge on any atom is 0.112 e. The molecule has 146 valence electrons. The predicted molar refractivity (Wildman–Crippen MR) is 110 cm³/mol. The molecule has 30 heavy (non-hydrogen) atoms. The monoisotopic (exact) mass is 394 g/mol. The van der Waals surface area contributed by atoms with Crippen molar-refractivity contribution < 1.29 is 0 Å². The molecule has 4 aromatic heterocycles. The van der Waals surface area contributed by atoms with Crippen LogP contribution in [0.1, 0.15) is 25.0 Å². The molecule has 4 heterocycles. The number of aromatic nitrogens is 6. The summed E-state index contributed by atoms with van der Waals surface area (Å²) in [5.74, 6) is -0.0297. The molecule has 0 atom stereocenters. The standard InChI is InChI=1S/C22H18N8/c1-14-7-20(29-30(14)22(4-5-23)9-15(10-22)11-24)21-17-3-2-6-25-19(17)8-18(28-21)16-12-26-27-13-16/h2-3,6-8,12-13,15H,4,9-10H2,1H3,(H,26,27). The van der Waals surface area contributed by atoms with Gasteiger partial charge in [0.15, 0.2) is 0 Å². The van der Waals surface area contributed by atoms with Crippen molar-refractivity contribution >= 4 is 10.9 Å². The van der Waals surface area contributed by atoms with Crippen LogP contribution < -0.4 is 0 Å². The van der Waals surface area contributed by atoms with Crippen molar-refractivity contribution in [2.45, 2.75) is 31.7 Å². The number of rotatable bonds is 4. The van der Waals surface area contributed by atoms with Crippen LogP contribution in [-0.2, 0) is 5.54 Å². The Morgan fingerprint density at radius 1 is 1.27 bits per heavy atom. The smallest absolute Gasteiger partial charge is 0.112 e. The second-order valence-electron chi connectivity index (χ2n) is 7.79. The van der Waals surface area contributed by atoms with Crippen LogP contribution in [0.25, 0.3) is 33.5 Å². The van der Waals surface area contributed by atoms with Gasteiger partial charge < -0.3 is 0 Å². The zero-order valence-corrected chi connectivity index (χ0v) is 16.4. The van der Waals surface area contributed by atoms with Gasteiger partial charge in [-0.05, 0) is 44.0 Å². The fourth-order valence-corrected chi connectivity index (χ4v) is 4.37. The molecule has 1 aliphatic carbocycles. The molecule has 1 fully saturated rings. The fraction of sp³-hybridized carbons (Fsp3) is 0.273. The second-order valence-corrected chi connectivity index (χ2v) is 7.79. The lowest BCUT2D eigenvalue weighted by atomic mass is 9.67. The third-order valence-corrected chi connectivity index (χ3v) is 5.82. The molecule has 5 rings (SSSR count). The van der Waals surface area contributed by atoms with E-state index in [2.05, 4.69) is 27.3 Å². The van der Waals surface area contributed by atoms with Crippen molar-refractivity contribution in [2.75, 3.05) is 0 Å². The maximum atomic E-state index is 9.38. The highest BCUT2D eigenvalue weighted by molar-refractivity contribution is 5.93. The minimum atomic E-state index is -0.423. The van der Waals surface area contributed by atoms with Gasteiger partial charge in [0.1, 0.15) is 11.4 Å². The molecule has 0 aliphatic heterocycles. The minimum absolute atomic E-state index is 0.0297. The summed E-state index contributed by atoms with van der Waals surface area (Å²) >= 11 is 0. The first kappa shape index (κ1) is 18.0. The van der Waals surface area contributed by atoms with Gasteiger partial charge in [-0.1, -0.05) is 0 Å². The number of hydrogen-bond acceptors (Lipinski definition) is 6. The number of aryl methyl sites for hydroxylation is 1. The summed E-state index contributed by atoms with van der Waals surface area (Å²) in [5.41, 5.74) is 4.45. The SMILES string of the molecule is Cc1cc(-c2nc(-c3cn[nH]c3)cc3ncccc23)nn1C1(CC#N)CC(C#N)C1. The first-order valence-electron chi connectivity index (χ1n) is 9.72. The van der Waals surface area contributed by atoms with Gasteiger partial charge in [0.2, 0.25) is 0 Å². The number of aromatic amines is 1. The molecule has 8 heteroatoms. The van der Waals surface area contributed by atoms with E-state index in [4.69, 9.17) is 10.1 Å². The minimum Gasteiger partial charge on any atom is -0.285 e. The third-order valence-electron chi connectivity index (χ3n) is 5.82. The van der Waals surface area contributed by atoms with E-state index in [9.17, 15) is 10.5 Å². The average molecular weight is 394 g/mol. The Hall–Kier alpha value is -4.04. The van der Waals surface area contributed by atoms with E-state index in [1.807, 2.05) is 35.9 Å². The number of nitrogens with zero attached hydrogens (tertiary/aromatic N) is 7. The number of nitrogens with one attached hydrogen (secondary N) is 1. The number of fused-ring (bicyclic) bond motifs is 1. The third kappa shape index (κ3) is 2.73. The molecule has 8 nitrogen and oxygen atoms in total. The molecule has 1 N–H and O–H groups in total. The number of pyridine rings is 2. The number of nitriles is 2. The zero-order valence-electron chi connectivity index (χ0n) is 16.4. The van der Waals surface area contributed by atoms with Crippen LogP contribution in [0.3, 0.4) is 0 Å². The molecule has 0 aromatic carbocycles. The van der Waals surface area contributed by atoms with Gasteiger partial charge in [-0.25, -0.2) is 4.98 Å². The lowest BCUT2D eigenvalue weighted by Gasteiger charge is -2.44. The Bertz CT molecular complexity index is 1310. The van der Waals surface area contributed by atoms with Gasteiger partial charge in [0.25, 0.3) is 0 Å². The van der Waals surface area contributed by atoms with Crippen LogP contribution in [0.5, 0.6) is 0 Å².